The minimum atomic E-state index is -1.22. The van der Waals surface area contributed by atoms with Crippen molar-refractivity contribution >= 4 is 34.0 Å². The van der Waals surface area contributed by atoms with Crippen molar-refractivity contribution in [3.05, 3.63) is 95.1 Å². The molecule has 2 unspecified atom stereocenters. The van der Waals surface area contributed by atoms with Crippen molar-refractivity contribution in [2.24, 2.45) is 0 Å². The summed E-state index contributed by atoms with van der Waals surface area (Å²) in [7, 11) is 1.66. The maximum absolute atomic E-state index is 13.5. The number of nitrogens with zero attached hydrogens (tertiary/aromatic N) is 2. The van der Waals surface area contributed by atoms with Gasteiger partial charge in [0.25, 0.3) is 0 Å². The molecule has 1 aromatic heterocycles. The van der Waals surface area contributed by atoms with Gasteiger partial charge in [0.05, 0.1) is 13.2 Å². The number of hydrogen-bond donors (Lipinski definition) is 2. The molecule has 7 heteroatoms. The number of carbonyl (C=O) groups excluding carboxylic acids is 1. The minimum Gasteiger partial charge on any atom is -0.497 e. The Bertz CT molecular complexity index is 1300. The first-order valence-corrected chi connectivity index (χ1v) is 12.1. The number of methoxy groups -OCH3 is 1. The molecule has 0 radical (unpaired) electrons. The van der Waals surface area contributed by atoms with E-state index in [2.05, 4.69) is 26.9 Å². The number of aromatic amines is 1. The quantitative estimate of drug-likeness (QED) is 0.360. The molecule has 4 aromatic rings. The van der Waals surface area contributed by atoms with Gasteiger partial charge in [-0.05, 0) is 48.0 Å². The molecular formula is C28H28ClN3O3. The number of carbonyl (C=O) groups is 1. The normalized spacial score (nSPS) is 16.3. The van der Waals surface area contributed by atoms with Crippen LogP contribution in [-0.4, -0.2) is 60.2 Å². The molecule has 0 saturated carbocycles. The topological polar surface area (TPSA) is 68.8 Å². The lowest BCUT2D eigenvalue weighted by atomic mass is 9.93. The number of aromatic nitrogens is 1. The van der Waals surface area contributed by atoms with Crippen molar-refractivity contribution in [2.45, 2.75) is 12.1 Å². The predicted octanol–water partition coefficient (Wildman–Crippen LogP) is 4.94. The molecule has 3 aromatic carbocycles. The standard InChI is InChI=1S/C28H28ClN3O3/c1-35-22-12-10-21(11-13-22)31-14-16-32(17-15-31)26(19-6-8-20(29)9-7-19)28(34)27(33)24-18-30-25-5-3-2-4-23(24)25/h2-13,18,26,28,30,34H,14-17H2,1H3. The van der Waals surface area contributed by atoms with Crippen molar-refractivity contribution in [3.63, 3.8) is 0 Å². The number of hydrogen-bond acceptors (Lipinski definition) is 5. The molecular weight excluding hydrogens is 462 g/mol. The van der Waals surface area contributed by atoms with E-state index in [0.717, 1.165) is 41.0 Å². The third-order valence-corrected chi connectivity index (χ3v) is 7.03. The number of rotatable bonds is 7. The van der Waals surface area contributed by atoms with Crippen molar-refractivity contribution in [1.29, 1.82) is 0 Å². The molecule has 1 fully saturated rings. The molecule has 1 aliphatic heterocycles. The fourth-order valence-corrected chi connectivity index (χ4v) is 5.01. The molecule has 1 saturated heterocycles. The van der Waals surface area contributed by atoms with Gasteiger partial charge >= 0.3 is 0 Å². The lowest BCUT2D eigenvalue weighted by Crippen LogP contribution is -2.51. The van der Waals surface area contributed by atoms with E-state index in [-0.39, 0.29) is 5.78 Å². The number of piperazine rings is 1. The summed E-state index contributed by atoms with van der Waals surface area (Å²) in [6.45, 7) is 2.98. The molecule has 2 N–H and O–H groups in total. The first kappa shape index (κ1) is 23.4. The third kappa shape index (κ3) is 4.78. The van der Waals surface area contributed by atoms with E-state index in [1.54, 1.807) is 25.4 Å². The van der Waals surface area contributed by atoms with Crippen LogP contribution >= 0.6 is 11.6 Å². The number of benzene rings is 3. The summed E-state index contributed by atoms with van der Waals surface area (Å²) in [6.07, 6.45) is 0.472. The van der Waals surface area contributed by atoms with E-state index in [1.807, 2.05) is 48.5 Å². The second-order valence-corrected chi connectivity index (χ2v) is 9.21. The zero-order chi connectivity index (χ0) is 24.4. The summed E-state index contributed by atoms with van der Waals surface area (Å²) in [5, 5.41) is 12.9. The van der Waals surface area contributed by atoms with Crippen LogP contribution in [0.4, 0.5) is 5.69 Å². The van der Waals surface area contributed by atoms with Crippen molar-refractivity contribution in [3.8, 4) is 5.75 Å². The maximum Gasteiger partial charge on any atom is 0.195 e. The largest absolute Gasteiger partial charge is 0.497 e. The molecule has 2 atom stereocenters. The third-order valence-electron chi connectivity index (χ3n) is 6.78. The van der Waals surface area contributed by atoms with E-state index in [1.165, 1.54) is 0 Å². The maximum atomic E-state index is 13.5. The molecule has 0 spiro atoms. The highest BCUT2D eigenvalue weighted by atomic mass is 35.5. The van der Waals surface area contributed by atoms with E-state index in [0.29, 0.717) is 23.7 Å². The highest BCUT2D eigenvalue weighted by Gasteiger charge is 2.35. The number of aliphatic hydroxyl groups excluding tert-OH is 1. The van der Waals surface area contributed by atoms with E-state index in [4.69, 9.17) is 16.3 Å². The van der Waals surface area contributed by atoms with Crippen LogP contribution in [0.15, 0.2) is 79.0 Å². The number of Topliss-reactive ketones (excluding diaryl/α,β-unsaturated/α-hetero) is 1. The molecule has 1 aliphatic rings. The molecule has 180 valence electrons. The Kier molecular flexibility index (Phi) is 6.77. The van der Waals surface area contributed by atoms with Gasteiger partial charge in [0.2, 0.25) is 0 Å². The molecule has 0 bridgehead atoms. The lowest BCUT2D eigenvalue weighted by Gasteiger charge is -2.41. The van der Waals surface area contributed by atoms with E-state index < -0.39 is 12.1 Å². The smallest absolute Gasteiger partial charge is 0.195 e. The Morgan fingerprint density at radius 3 is 2.34 bits per heavy atom. The lowest BCUT2D eigenvalue weighted by molar-refractivity contribution is 0.0366. The summed E-state index contributed by atoms with van der Waals surface area (Å²) in [6, 6.07) is 22.6. The van der Waals surface area contributed by atoms with Gasteiger partial charge in [-0.1, -0.05) is 41.9 Å². The van der Waals surface area contributed by atoms with Gasteiger partial charge in [-0.3, -0.25) is 9.69 Å². The van der Waals surface area contributed by atoms with Crippen LogP contribution in [0, 0.1) is 0 Å². The number of nitrogens with one attached hydrogen (secondary N) is 1. The van der Waals surface area contributed by atoms with Gasteiger partial charge in [-0.25, -0.2) is 0 Å². The number of fused-ring (bicyclic) bond motifs is 1. The van der Waals surface area contributed by atoms with Crippen LogP contribution in [0.5, 0.6) is 5.75 Å². The average molecular weight is 490 g/mol. The molecule has 2 heterocycles. The van der Waals surface area contributed by atoms with Crippen molar-refractivity contribution in [1.82, 2.24) is 9.88 Å². The molecule has 0 aliphatic carbocycles. The number of para-hydroxylation sites is 1. The number of ether oxygens (including phenoxy) is 1. The van der Waals surface area contributed by atoms with Gasteiger partial charge in [0.15, 0.2) is 5.78 Å². The number of ketones is 1. The molecule has 6 nitrogen and oxygen atoms in total. The molecule has 5 rings (SSSR count). The van der Waals surface area contributed by atoms with Gasteiger partial charge in [-0.2, -0.15) is 0 Å². The first-order chi connectivity index (χ1) is 17.0. The molecule has 0 amide bonds. The van der Waals surface area contributed by atoms with Gasteiger partial charge in [0, 0.05) is 59.6 Å². The zero-order valence-corrected chi connectivity index (χ0v) is 20.3. The highest BCUT2D eigenvalue weighted by Crippen LogP contribution is 2.31. The Balaban J connectivity index is 1.39. The fourth-order valence-electron chi connectivity index (χ4n) is 4.88. The summed E-state index contributed by atoms with van der Waals surface area (Å²) < 4.78 is 5.27. The Hall–Kier alpha value is -3.32. The number of anilines is 1. The first-order valence-electron chi connectivity index (χ1n) is 11.7. The van der Waals surface area contributed by atoms with Crippen molar-refractivity contribution in [2.75, 3.05) is 38.2 Å². The Morgan fingerprint density at radius 2 is 1.66 bits per heavy atom. The van der Waals surface area contributed by atoms with E-state index in [9.17, 15) is 9.90 Å². The van der Waals surface area contributed by atoms with E-state index >= 15 is 0 Å². The van der Waals surface area contributed by atoms with Crippen molar-refractivity contribution < 1.29 is 14.6 Å². The van der Waals surface area contributed by atoms with Crippen LogP contribution in [0.2, 0.25) is 5.02 Å². The van der Waals surface area contributed by atoms with Crippen LogP contribution < -0.4 is 9.64 Å². The second kappa shape index (κ2) is 10.1. The predicted molar refractivity (Wildman–Crippen MR) is 140 cm³/mol. The summed E-state index contributed by atoms with van der Waals surface area (Å²) >= 11 is 6.14. The second-order valence-electron chi connectivity index (χ2n) is 8.77. The number of aliphatic hydroxyl groups is 1. The monoisotopic (exact) mass is 489 g/mol. The summed E-state index contributed by atoms with van der Waals surface area (Å²) in [4.78, 5) is 21.2. The number of H-pyrrole nitrogens is 1. The minimum absolute atomic E-state index is 0.292. The van der Waals surface area contributed by atoms with Gasteiger partial charge in [-0.15, -0.1) is 0 Å². The fraction of sp³-hybridized carbons (Fsp3) is 0.250. The Morgan fingerprint density at radius 1 is 0.971 bits per heavy atom. The van der Waals surface area contributed by atoms with Crippen LogP contribution in [-0.2, 0) is 0 Å². The Labute approximate surface area is 209 Å². The zero-order valence-electron chi connectivity index (χ0n) is 19.5. The van der Waals surface area contributed by atoms with Crippen LogP contribution in [0.25, 0.3) is 10.9 Å². The highest BCUT2D eigenvalue weighted by molar-refractivity contribution is 6.30. The van der Waals surface area contributed by atoms with Gasteiger partial charge < -0.3 is 19.7 Å². The van der Waals surface area contributed by atoms with Crippen LogP contribution in [0.1, 0.15) is 22.0 Å². The average Bonchev–Trinajstić information content (AvgIpc) is 3.34. The summed E-state index contributed by atoms with van der Waals surface area (Å²) in [5.74, 6) is 0.536. The summed E-state index contributed by atoms with van der Waals surface area (Å²) in [5.41, 5.74) is 3.38. The van der Waals surface area contributed by atoms with Crippen LogP contribution in [0.3, 0.4) is 0 Å². The SMILES string of the molecule is COc1ccc(N2CCN(C(c3ccc(Cl)cc3)C(O)C(=O)c3c[nH]c4ccccc34)CC2)cc1. The molecule has 35 heavy (non-hydrogen) atoms. The number of halogens is 1. The van der Waals surface area contributed by atoms with Gasteiger partial charge in [0.1, 0.15) is 11.9 Å².